The maximum absolute atomic E-state index is 11.9. The number of carbonyl (C=O) groups is 2. The summed E-state index contributed by atoms with van der Waals surface area (Å²) in [7, 11) is 0. The van der Waals surface area contributed by atoms with Crippen LogP contribution in [0.15, 0.2) is 18.2 Å². The van der Waals surface area contributed by atoms with Gasteiger partial charge in [-0.05, 0) is 18.2 Å². The monoisotopic (exact) mass is 327 g/mol. The van der Waals surface area contributed by atoms with Crippen molar-refractivity contribution in [2.75, 3.05) is 16.8 Å². The topological polar surface area (TPSA) is 66.4 Å². The highest BCUT2D eigenvalue weighted by molar-refractivity contribution is 8.00. The van der Waals surface area contributed by atoms with E-state index in [1.54, 1.807) is 0 Å². The number of benzene rings is 1. The minimum Gasteiger partial charge on any atom is -0.478 e. The van der Waals surface area contributed by atoms with Crippen LogP contribution >= 0.6 is 23.4 Å². The van der Waals surface area contributed by atoms with Gasteiger partial charge in [0.25, 0.3) is 0 Å². The number of nitrogens with one attached hydrogen (secondary N) is 1. The molecular weight excluding hydrogens is 319 g/mol. The molecule has 0 atom stereocenters. The van der Waals surface area contributed by atoms with E-state index in [1.807, 2.05) is 0 Å². The molecule has 1 amide bonds. The smallest absolute Gasteiger partial charge is 0.397 e. The number of anilines is 1. The first-order chi connectivity index (χ1) is 9.19. The van der Waals surface area contributed by atoms with Crippen LogP contribution in [0.25, 0.3) is 0 Å². The summed E-state index contributed by atoms with van der Waals surface area (Å²) in [6, 6.07) is 3.72. The molecule has 0 bridgehead atoms. The first-order valence-corrected chi connectivity index (χ1v) is 6.69. The van der Waals surface area contributed by atoms with Crippen LogP contribution in [-0.2, 0) is 4.79 Å². The van der Waals surface area contributed by atoms with Crippen LogP contribution in [0.2, 0.25) is 5.02 Å². The standard InChI is InChI=1S/C11H9ClF3NO3S/c12-8-3-6(1-2-7(8)10(18)19)16-9(17)4-20-5-11(13,14)15/h1-3H,4-5H2,(H,16,17)(H,18,19). The SMILES string of the molecule is O=C(CSCC(F)(F)F)Nc1ccc(C(=O)O)c(Cl)c1. The molecule has 0 aliphatic carbocycles. The van der Waals surface area contributed by atoms with Gasteiger partial charge >= 0.3 is 12.1 Å². The number of carbonyl (C=O) groups excluding carboxylic acids is 1. The molecule has 0 heterocycles. The molecule has 0 aliphatic heterocycles. The van der Waals surface area contributed by atoms with Gasteiger partial charge in [0.1, 0.15) is 0 Å². The minimum absolute atomic E-state index is 0.0711. The van der Waals surface area contributed by atoms with Crippen molar-refractivity contribution in [3.05, 3.63) is 28.8 Å². The largest absolute Gasteiger partial charge is 0.478 e. The van der Waals surface area contributed by atoms with Gasteiger partial charge in [0.2, 0.25) is 5.91 Å². The summed E-state index contributed by atoms with van der Waals surface area (Å²) in [6.45, 7) is 0. The molecular formula is C11H9ClF3NO3S. The number of carboxylic acids is 1. The summed E-state index contributed by atoms with van der Waals surface area (Å²) >= 11 is 6.12. The molecule has 2 N–H and O–H groups in total. The van der Waals surface area contributed by atoms with Crippen molar-refractivity contribution in [2.45, 2.75) is 6.18 Å². The molecule has 1 aromatic rings. The maximum atomic E-state index is 11.9. The van der Waals surface area contributed by atoms with Crippen molar-refractivity contribution in [1.29, 1.82) is 0 Å². The summed E-state index contributed by atoms with van der Waals surface area (Å²) in [6.07, 6.45) is -4.32. The van der Waals surface area contributed by atoms with Crippen LogP contribution in [0, 0.1) is 0 Å². The highest BCUT2D eigenvalue weighted by Gasteiger charge is 2.27. The number of amides is 1. The Kier molecular flexibility index (Phi) is 5.70. The highest BCUT2D eigenvalue weighted by Crippen LogP contribution is 2.23. The zero-order valence-electron chi connectivity index (χ0n) is 9.83. The van der Waals surface area contributed by atoms with Gasteiger partial charge < -0.3 is 10.4 Å². The van der Waals surface area contributed by atoms with E-state index in [4.69, 9.17) is 16.7 Å². The Morgan fingerprint density at radius 3 is 2.50 bits per heavy atom. The Balaban J connectivity index is 2.54. The van der Waals surface area contributed by atoms with Crippen molar-refractivity contribution >= 4 is 40.9 Å². The van der Waals surface area contributed by atoms with E-state index in [1.165, 1.54) is 18.2 Å². The molecule has 9 heteroatoms. The van der Waals surface area contributed by atoms with Gasteiger partial charge in [0.15, 0.2) is 0 Å². The van der Waals surface area contributed by atoms with E-state index in [-0.39, 0.29) is 22.0 Å². The Bertz CT molecular complexity index is 522. The second-order valence-electron chi connectivity index (χ2n) is 3.66. The number of halogens is 4. The molecule has 20 heavy (non-hydrogen) atoms. The predicted molar refractivity (Wildman–Crippen MR) is 70.4 cm³/mol. The number of aromatic carboxylic acids is 1. The van der Waals surface area contributed by atoms with E-state index < -0.39 is 23.8 Å². The molecule has 0 radical (unpaired) electrons. The maximum Gasteiger partial charge on any atom is 0.397 e. The zero-order valence-corrected chi connectivity index (χ0v) is 11.4. The van der Waals surface area contributed by atoms with Crippen molar-refractivity contribution in [3.63, 3.8) is 0 Å². The first-order valence-electron chi connectivity index (χ1n) is 5.16. The Morgan fingerprint density at radius 2 is 2.00 bits per heavy atom. The highest BCUT2D eigenvalue weighted by atomic mass is 35.5. The fourth-order valence-corrected chi connectivity index (χ4v) is 2.08. The fraction of sp³-hybridized carbons (Fsp3) is 0.273. The average Bonchev–Trinajstić information content (AvgIpc) is 2.26. The lowest BCUT2D eigenvalue weighted by Crippen LogP contribution is -2.18. The van der Waals surface area contributed by atoms with Crippen LogP contribution in [-0.4, -0.2) is 34.7 Å². The van der Waals surface area contributed by atoms with Gasteiger partial charge in [-0.2, -0.15) is 13.2 Å². The Morgan fingerprint density at radius 1 is 1.35 bits per heavy atom. The number of thioether (sulfide) groups is 1. The number of hydrogen-bond donors (Lipinski definition) is 2. The van der Waals surface area contributed by atoms with Crippen molar-refractivity contribution in [1.82, 2.24) is 0 Å². The van der Waals surface area contributed by atoms with E-state index in [0.717, 1.165) is 0 Å². The quantitative estimate of drug-likeness (QED) is 0.871. The third-order valence-corrected chi connectivity index (χ3v) is 3.29. The second-order valence-corrected chi connectivity index (χ2v) is 5.05. The summed E-state index contributed by atoms with van der Waals surface area (Å²) in [5.41, 5.74) is 0.0914. The van der Waals surface area contributed by atoms with Crippen LogP contribution in [0.5, 0.6) is 0 Å². The van der Waals surface area contributed by atoms with Crippen molar-refractivity contribution in [2.24, 2.45) is 0 Å². The lowest BCUT2D eigenvalue weighted by Gasteiger charge is -2.08. The van der Waals surface area contributed by atoms with Gasteiger partial charge in [0, 0.05) is 5.69 Å². The predicted octanol–water partition coefficient (Wildman–Crippen LogP) is 3.27. The normalized spacial score (nSPS) is 11.2. The molecule has 1 rings (SSSR count). The van der Waals surface area contributed by atoms with Crippen LogP contribution < -0.4 is 5.32 Å². The lowest BCUT2D eigenvalue weighted by molar-refractivity contribution is -0.113. The van der Waals surface area contributed by atoms with Crippen molar-refractivity contribution in [3.8, 4) is 0 Å². The summed E-state index contributed by atoms with van der Waals surface area (Å²) in [5.74, 6) is -3.32. The third-order valence-electron chi connectivity index (χ3n) is 1.98. The molecule has 0 fully saturated rings. The van der Waals surface area contributed by atoms with Gasteiger partial charge in [-0.25, -0.2) is 4.79 Å². The van der Waals surface area contributed by atoms with Crippen LogP contribution in [0.3, 0.4) is 0 Å². The molecule has 0 saturated heterocycles. The molecule has 0 spiro atoms. The summed E-state index contributed by atoms with van der Waals surface area (Å²) in [4.78, 5) is 22.1. The molecule has 0 aromatic heterocycles. The van der Waals surface area contributed by atoms with E-state index in [9.17, 15) is 22.8 Å². The Labute approximate surface area is 121 Å². The number of rotatable bonds is 5. The minimum atomic E-state index is -4.32. The van der Waals surface area contributed by atoms with E-state index in [0.29, 0.717) is 11.8 Å². The summed E-state index contributed by atoms with van der Waals surface area (Å²) < 4.78 is 35.6. The van der Waals surface area contributed by atoms with Gasteiger partial charge in [-0.1, -0.05) is 11.6 Å². The first kappa shape index (κ1) is 16.6. The zero-order chi connectivity index (χ0) is 15.3. The van der Waals surface area contributed by atoms with Gasteiger partial charge in [0.05, 0.1) is 22.1 Å². The molecule has 4 nitrogen and oxygen atoms in total. The molecule has 0 saturated carbocycles. The molecule has 110 valence electrons. The fourth-order valence-electron chi connectivity index (χ4n) is 1.22. The molecule has 1 aromatic carbocycles. The van der Waals surface area contributed by atoms with Crippen LogP contribution in [0.1, 0.15) is 10.4 Å². The lowest BCUT2D eigenvalue weighted by atomic mass is 10.2. The van der Waals surface area contributed by atoms with Gasteiger partial charge in [-0.15, -0.1) is 11.8 Å². The second kappa shape index (κ2) is 6.85. The van der Waals surface area contributed by atoms with Gasteiger partial charge in [-0.3, -0.25) is 4.79 Å². The number of carboxylic acid groups (broad SMARTS) is 1. The molecule has 0 unspecified atom stereocenters. The summed E-state index contributed by atoms with van der Waals surface area (Å²) in [5, 5.41) is 11.0. The van der Waals surface area contributed by atoms with Crippen molar-refractivity contribution < 1.29 is 27.9 Å². The number of hydrogen-bond acceptors (Lipinski definition) is 3. The number of alkyl halides is 3. The van der Waals surface area contributed by atoms with Crippen LogP contribution in [0.4, 0.5) is 18.9 Å². The average molecular weight is 328 g/mol. The van der Waals surface area contributed by atoms with E-state index >= 15 is 0 Å². The molecule has 0 aliphatic rings. The Hall–Kier alpha value is -1.41. The third kappa shape index (κ3) is 5.70. The van der Waals surface area contributed by atoms with E-state index in [2.05, 4.69) is 5.32 Å².